The van der Waals surface area contributed by atoms with Gasteiger partial charge in [0.2, 0.25) is 5.91 Å². The van der Waals surface area contributed by atoms with E-state index in [0.29, 0.717) is 0 Å². The average Bonchev–Trinajstić information content (AvgIpc) is 2.27. The molecule has 1 aromatic carbocycles. The monoisotopic (exact) mass is 376 g/mol. The molecular formula is C13H18Br2N2O. The first kappa shape index (κ1) is 15.5. The molecular weight excluding hydrogens is 360 g/mol. The van der Waals surface area contributed by atoms with E-state index < -0.39 is 0 Å². The Bertz CT molecular complexity index is 412. The molecule has 3 nitrogen and oxygen atoms in total. The third-order valence-electron chi connectivity index (χ3n) is 2.63. The summed E-state index contributed by atoms with van der Waals surface area (Å²) in [6.07, 6.45) is 0.934. The van der Waals surface area contributed by atoms with Crippen LogP contribution in [0.4, 0.5) is 5.69 Å². The molecule has 1 unspecified atom stereocenters. The topological polar surface area (TPSA) is 41.1 Å². The molecule has 18 heavy (non-hydrogen) atoms. The Morgan fingerprint density at radius 2 is 1.89 bits per heavy atom. The van der Waals surface area contributed by atoms with Crippen molar-refractivity contribution in [2.45, 2.75) is 33.2 Å². The molecule has 2 N–H and O–H groups in total. The molecule has 0 aliphatic heterocycles. The van der Waals surface area contributed by atoms with Crippen molar-refractivity contribution in [3.05, 3.63) is 26.6 Å². The first-order chi connectivity index (χ1) is 8.43. The number of carbonyl (C=O) groups is 1. The van der Waals surface area contributed by atoms with Gasteiger partial charge in [0, 0.05) is 15.0 Å². The molecule has 0 heterocycles. The van der Waals surface area contributed by atoms with Gasteiger partial charge in [-0.15, -0.1) is 0 Å². The van der Waals surface area contributed by atoms with Crippen LogP contribution in [0.1, 0.15) is 25.8 Å². The molecule has 1 rings (SSSR count). The van der Waals surface area contributed by atoms with Crippen molar-refractivity contribution in [3.8, 4) is 0 Å². The fraction of sp³-hybridized carbons (Fsp3) is 0.462. The van der Waals surface area contributed by atoms with Gasteiger partial charge < -0.3 is 10.6 Å². The van der Waals surface area contributed by atoms with E-state index in [0.717, 1.165) is 26.6 Å². The molecule has 1 aromatic rings. The Morgan fingerprint density at radius 1 is 1.33 bits per heavy atom. The van der Waals surface area contributed by atoms with Crippen molar-refractivity contribution in [2.24, 2.45) is 0 Å². The van der Waals surface area contributed by atoms with Crippen molar-refractivity contribution >= 4 is 43.5 Å². The van der Waals surface area contributed by atoms with Crippen molar-refractivity contribution in [2.75, 3.05) is 11.9 Å². The molecule has 0 saturated heterocycles. The van der Waals surface area contributed by atoms with Gasteiger partial charge in [-0.25, -0.2) is 0 Å². The molecule has 0 spiro atoms. The summed E-state index contributed by atoms with van der Waals surface area (Å²) in [5.41, 5.74) is 2.06. The predicted molar refractivity (Wildman–Crippen MR) is 83.0 cm³/mol. The van der Waals surface area contributed by atoms with Gasteiger partial charge >= 0.3 is 0 Å². The maximum Gasteiger partial charge on any atom is 0.239 e. The van der Waals surface area contributed by atoms with Crippen LogP contribution in [0.15, 0.2) is 21.1 Å². The molecule has 100 valence electrons. The third-order valence-corrected chi connectivity index (χ3v) is 3.88. The van der Waals surface area contributed by atoms with Crippen LogP contribution in [0.5, 0.6) is 0 Å². The van der Waals surface area contributed by atoms with Crippen LogP contribution in [0.3, 0.4) is 0 Å². The van der Waals surface area contributed by atoms with Crippen LogP contribution in [-0.2, 0) is 4.79 Å². The summed E-state index contributed by atoms with van der Waals surface area (Å²) in [4.78, 5) is 11.7. The number of rotatable bonds is 5. The Labute approximate surface area is 125 Å². The summed E-state index contributed by atoms with van der Waals surface area (Å²) in [6, 6.07) is 4.24. The number of anilines is 1. The molecule has 1 amide bonds. The highest BCUT2D eigenvalue weighted by Gasteiger charge is 2.09. The molecule has 0 bridgehead atoms. The minimum absolute atomic E-state index is 0.00345. The standard InChI is InChI=1S/C13H18Br2N2O/c1-4-9(3)17-12(18)7-16-13-10(14)5-8(2)6-11(13)15/h5-6,9,16H,4,7H2,1-3H3,(H,17,18). The molecule has 0 aliphatic carbocycles. The zero-order valence-corrected chi connectivity index (χ0v) is 14.0. The third kappa shape index (κ3) is 4.61. The fourth-order valence-corrected chi connectivity index (χ4v) is 3.16. The van der Waals surface area contributed by atoms with Crippen molar-refractivity contribution in [1.29, 1.82) is 0 Å². The SMILES string of the molecule is CCC(C)NC(=O)CNc1c(Br)cc(C)cc1Br. The average molecular weight is 378 g/mol. The number of hydrogen-bond donors (Lipinski definition) is 2. The minimum atomic E-state index is 0.00345. The largest absolute Gasteiger partial charge is 0.374 e. The maximum atomic E-state index is 11.7. The lowest BCUT2D eigenvalue weighted by molar-refractivity contribution is -0.120. The van der Waals surface area contributed by atoms with E-state index in [4.69, 9.17) is 0 Å². The zero-order valence-electron chi connectivity index (χ0n) is 10.8. The smallest absolute Gasteiger partial charge is 0.239 e. The molecule has 0 aliphatic rings. The van der Waals surface area contributed by atoms with Gasteiger partial charge in [-0.05, 0) is 69.8 Å². The highest BCUT2D eigenvalue weighted by Crippen LogP contribution is 2.31. The van der Waals surface area contributed by atoms with Gasteiger partial charge in [0.15, 0.2) is 0 Å². The van der Waals surface area contributed by atoms with Crippen LogP contribution < -0.4 is 10.6 Å². The first-order valence-corrected chi connectivity index (χ1v) is 7.51. The molecule has 0 radical (unpaired) electrons. The number of amides is 1. The Morgan fingerprint density at radius 3 is 2.39 bits per heavy atom. The van der Waals surface area contributed by atoms with E-state index >= 15 is 0 Å². The van der Waals surface area contributed by atoms with Crippen LogP contribution in [0.25, 0.3) is 0 Å². The minimum Gasteiger partial charge on any atom is -0.374 e. The number of hydrogen-bond acceptors (Lipinski definition) is 2. The normalized spacial score (nSPS) is 12.1. The van der Waals surface area contributed by atoms with E-state index in [9.17, 15) is 4.79 Å². The second-order valence-electron chi connectivity index (χ2n) is 4.33. The zero-order chi connectivity index (χ0) is 13.7. The summed E-state index contributed by atoms with van der Waals surface area (Å²) < 4.78 is 1.90. The first-order valence-electron chi connectivity index (χ1n) is 5.93. The van der Waals surface area contributed by atoms with Crippen LogP contribution in [0.2, 0.25) is 0 Å². The van der Waals surface area contributed by atoms with Gasteiger partial charge in [0.1, 0.15) is 0 Å². The van der Waals surface area contributed by atoms with Gasteiger partial charge in [-0.1, -0.05) is 6.92 Å². The van der Waals surface area contributed by atoms with Crippen molar-refractivity contribution in [1.82, 2.24) is 5.32 Å². The summed E-state index contributed by atoms with van der Waals surface area (Å²) >= 11 is 6.98. The molecule has 0 saturated carbocycles. The van der Waals surface area contributed by atoms with Crippen molar-refractivity contribution < 1.29 is 4.79 Å². The van der Waals surface area contributed by atoms with E-state index in [1.807, 2.05) is 32.9 Å². The number of carbonyl (C=O) groups excluding carboxylic acids is 1. The highest BCUT2D eigenvalue weighted by atomic mass is 79.9. The highest BCUT2D eigenvalue weighted by molar-refractivity contribution is 9.11. The quantitative estimate of drug-likeness (QED) is 0.818. The molecule has 0 aromatic heterocycles. The fourth-order valence-electron chi connectivity index (χ4n) is 1.47. The van der Waals surface area contributed by atoms with E-state index in [1.54, 1.807) is 0 Å². The number of nitrogens with one attached hydrogen (secondary N) is 2. The second-order valence-corrected chi connectivity index (χ2v) is 6.04. The van der Waals surface area contributed by atoms with Gasteiger partial charge in [-0.2, -0.15) is 0 Å². The van der Waals surface area contributed by atoms with Crippen LogP contribution in [-0.4, -0.2) is 18.5 Å². The van der Waals surface area contributed by atoms with E-state index in [1.165, 1.54) is 0 Å². The number of aryl methyl sites for hydroxylation is 1. The summed E-state index contributed by atoms with van der Waals surface area (Å²) in [6.45, 7) is 6.33. The molecule has 5 heteroatoms. The maximum absolute atomic E-state index is 11.7. The van der Waals surface area contributed by atoms with Gasteiger partial charge in [-0.3, -0.25) is 4.79 Å². The summed E-state index contributed by atoms with van der Waals surface area (Å²) in [7, 11) is 0. The van der Waals surface area contributed by atoms with Crippen LogP contribution >= 0.6 is 31.9 Å². The Balaban J connectivity index is 2.61. The summed E-state index contributed by atoms with van der Waals surface area (Å²) in [5, 5.41) is 6.05. The Kier molecular flexibility index (Phi) is 6.15. The van der Waals surface area contributed by atoms with Crippen molar-refractivity contribution in [3.63, 3.8) is 0 Å². The van der Waals surface area contributed by atoms with Gasteiger partial charge in [0.05, 0.1) is 12.2 Å². The number of halogens is 2. The van der Waals surface area contributed by atoms with E-state index in [-0.39, 0.29) is 18.5 Å². The van der Waals surface area contributed by atoms with Gasteiger partial charge in [0.25, 0.3) is 0 Å². The predicted octanol–water partition coefficient (Wildman–Crippen LogP) is 3.85. The Hall–Kier alpha value is -0.550. The second kappa shape index (κ2) is 7.14. The molecule has 1 atom stereocenters. The number of benzene rings is 1. The lowest BCUT2D eigenvalue weighted by Crippen LogP contribution is -2.36. The molecule has 0 fully saturated rings. The van der Waals surface area contributed by atoms with E-state index in [2.05, 4.69) is 42.5 Å². The lowest BCUT2D eigenvalue weighted by Gasteiger charge is -2.14. The lowest BCUT2D eigenvalue weighted by atomic mass is 10.2. The van der Waals surface area contributed by atoms with Crippen LogP contribution in [0, 0.1) is 6.92 Å². The summed E-state index contributed by atoms with van der Waals surface area (Å²) in [5.74, 6) is 0.00345.